The number of fused-ring (bicyclic) bond motifs is 4. The zero-order chi connectivity index (χ0) is 37.3. The fraction of sp³-hybridized carbons (Fsp3) is 0.140. The molecule has 0 bridgehead atoms. The van der Waals surface area contributed by atoms with Crippen molar-refractivity contribution in [2.24, 2.45) is 10.2 Å². The van der Waals surface area contributed by atoms with Crippen molar-refractivity contribution in [1.29, 1.82) is 0 Å². The average molecular weight is 714 g/mol. The van der Waals surface area contributed by atoms with E-state index in [2.05, 4.69) is 22.1 Å². The highest BCUT2D eigenvalue weighted by atomic mass is 16.5. The van der Waals surface area contributed by atoms with Crippen LogP contribution in [-0.2, 0) is 12.8 Å². The van der Waals surface area contributed by atoms with Crippen molar-refractivity contribution in [3.05, 3.63) is 172 Å². The van der Waals surface area contributed by atoms with Gasteiger partial charge < -0.3 is 20.9 Å². The summed E-state index contributed by atoms with van der Waals surface area (Å²) in [6.07, 6.45) is 5.00. The van der Waals surface area contributed by atoms with Crippen molar-refractivity contribution in [2.45, 2.75) is 26.7 Å². The maximum absolute atomic E-state index is 5.90. The number of hydrogen-bond acceptors (Lipinski definition) is 9. The second-order valence-electron chi connectivity index (χ2n) is 13.1. The third-order valence-corrected chi connectivity index (χ3v) is 9.73. The number of hydrogen-bond donors (Lipinski definition) is 2. The summed E-state index contributed by atoms with van der Waals surface area (Å²) in [4.78, 5) is 13.8. The van der Waals surface area contributed by atoms with Gasteiger partial charge in [-0.05, 0) is 85.6 Å². The number of nitrogen functional groups attached to an aromatic ring is 2. The van der Waals surface area contributed by atoms with Crippen LogP contribution in [0.25, 0.3) is 11.4 Å². The molecule has 0 atom stereocenters. The number of anilines is 2. The standard InChI is InChI=1S/C23H19N5O.C20H20N4O/c1-29-18-10-7-16-12-22-26-14-21(20-4-2-3-11-25-20)28(22)27-23(19(16)13-18)15-5-8-17(24)9-6-15;1-12-13(2)24-19(22-12)10-15-6-9-17(25-3)11-18(15)20(23-24)14-4-7-16(21)8-5-14/h2-11,13-14H,12,24H2,1H3;4-9,11H,10,21H2,1-3H3. The SMILES string of the molecule is COc1ccc2c(c1)C(c1ccc(N)cc1)=Nn1c(-c3ccccn3)cnc1C2.COc1ccc2c(c1)C(c1ccc(N)cc1)=Nn1c(nc(C)c1C)C2. The van der Waals surface area contributed by atoms with Crippen LogP contribution in [0.3, 0.4) is 0 Å². The Morgan fingerprint density at radius 3 is 1.70 bits per heavy atom. The summed E-state index contributed by atoms with van der Waals surface area (Å²) in [6, 6.07) is 33.6. The van der Waals surface area contributed by atoms with E-state index in [-0.39, 0.29) is 0 Å². The van der Waals surface area contributed by atoms with E-state index < -0.39 is 0 Å². The molecule has 0 aliphatic carbocycles. The van der Waals surface area contributed by atoms with Crippen molar-refractivity contribution < 1.29 is 9.47 Å². The quantitative estimate of drug-likeness (QED) is 0.182. The smallest absolute Gasteiger partial charge is 0.135 e. The van der Waals surface area contributed by atoms with E-state index in [0.717, 1.165) is 97.3 Å². The topological polar surface area (TPSA) is 144 Å². The van der Waals surface area contributed by atoms with Gasteiger partial charge in [-0.3, -0.25) is 4.98 Å². The van der Waals surface area contributed by atoms with Crippen LogP contribution in [-0.4, -0.2) is 49.9 Å². The molecule has 0 amide bonds. The van der Waals surface area contributed by atoms with E-state index in [9.17, 15) is 0 Å². The van der Waals surface area contributed by atoms with Crippen molar-refractivity contribution in [3.8, 4) is 22.9 Å². The lowest BCUT2D eigenvalue weighted by molar-refractivity contribution is 0.414. The monoisotopic (exact) mass is 713 g/mol. The number of pyridine rings is 1. The van der Waals surface area contributed by atoms with Gasteiger partial charge in [-0.25, -0.2) is 19.3 Å². The summed E-state index contributed by atoms with van der Waals surface area (Å²) in [5.41, 5.74) is 25.1. The minimum absolute atomic E-state index is 0.661. The molecule has 5 heterocycles. The Bertz CT molecular complexity index is 2550. The van der Waals surface area contributed by atoms with E-state index >= 15 is 0 Å². The van der Waals surface area contributed by atoms with Crippen molar-refractivity contribution in [3.63, 3.8) is 0 Å². The van der Waals surface area contributed by atoms with Crippen LogP contribution in [0.1, 0.15) is 56.4 Å². The molecule has 11 heteroatoms. The molecule has 3 aromatic heterocycles. The highest BCUT2D eigenvalue weighted by Crippen LogP contribution is 2.31. The highest BCUT2D eigenvalue weighted by molar-refractivity contribution is 6.15. The summed E-state index contributed by atoms with van der Waals surface area (Å²) >= 11 is 0. The van der Waals surface area contributed by atoms with Gasteiger partial charge in [0, 0.05) is 52.7 Å². The lowest BCUT2D eigenvalue weighted by Gasteiger charge is -2.12. The third kappa shape index (κ3) is 6.47. The number of aromatic nitrogens is 5. The first-order valence-corrected chi connectivity index (χ1v) is 17.6. The van der Waals surface area contributed by atoms with E-state index in [1.807, 2.05) is 120 Å². The number of nitrogens with zero attached hydrogens (tertiary/aromatic N) is 7. The first kappa shape index (κ1) is 34.1. The van der Waals surface area contributed by atoms with Crippen LogP contribution in [0.15, 0.2) is 126 Å². The molecule has 268 valence electrons. The van der Waals surface area contributed by atoms with Gasteiger partial charge in [0.25, 0.3) is 0 Å². The molecule has 4 aromatic carbocycles. The Hall–Kier alpha value is -7.01. The maximum Gasteiger partial charge on any atom is 0.135 e. The summed E-state index contributed by atoms with van der Waals surface area (Å²) in [5, 5.41) is 9.98. The molecule has 7 aromatic rings. The van der Waals surface area contributed by atoms with Crippen LogP contribution in [0.2, 0.25) is 0 Å². The summed E-state index contributed by atoms with van der Waals surface area (Å²) in [6.45, 7) is 4.07. The van der Waals surface area contributed by atoms with Gasteiger partial charge in [0.15, 0.2) is 0 Å². The van der Waals surface area contributed by atoms with Gasteiger partial charge in [0.05, 0.1) is 48.9 Å². The Balaban J connectivity index is 0.000000155. The minimum atomic E-state index is 0.661. The van der Waals surface area contributed by atoms with Gasteiger partial charge in [0.1, 0.15) is 28.8 Å². The molecule has 0 fully saturated rings. The predicted molar refractivity (Wildman–Crippen MR) is 213 cm³/mol. The fourth-order valence-corrected chi connectivity index (χ4v) is 6.69. The molecule has 0 unspecified atom stereocenters. The Kier molecular flexibility index (Phi) is 8.96. The largest absolute Gasteiger partial charge is 0.497 e. The molecule has 2 aliphatic heterocycles. The lowest BCUT2D eigenvalue weighted by Crippen LogP contribution is -2.08. The molecule has 0 spiro atoms. The molecule has 54 heavy (non-hydrogen) atoms. The van der Waals surface area contributed by atoms with Crippen molar-refractivity contribution in [1.82, 2.24) is 24.3 Å². The summed E-state index contributed by atoms with van der Waals surface area (Å²) in [7, 11) is 3.35. The summed E-state index contributed by atoms with van der Waals surface area (Å²) < 4.78 is 14.7. The van der Waals surface area contributed by atoms with Crippen LogP contribution in [0, 0.1) is 13.8 Å². The van der Waals surface area contributed by atoms with E-state index in [1.54, 1.807) is 20.4 Å². The van der Waals surface area contributed by atoms with Crippen molar-refractivity contribution >= 4 is 22.8 Å². The molecule has 0 saturated heterocycles. The molecule has 0 radical (unpaired) electrons. The third-order valence-electron chi connectivity index (χ3n) is 9.73. The second-order valence-corrected chi connectivity index (χ2v) is 13.1. The Labute approximate surface area is 313 Å². The van der Waals surface area contributed by atoms with Crippen LogP contribution in [0.4, 0.5) is 11.4 Å². The number of methoxy groups -OCH3 is 2. The van der Waals surface area contributed by atoms with Crippen LogP contribution >= 0.6 is 0 Å². The minimum Gasteiger partial charge on any atom is -0.497 e. The normalized spacial score (nSPS) is 12.7. The number of benzene rings is 4. The maximum atomic E-state index is 5.90. The second kappa shape index (κ2) is 14.2. The molecule has 11 nitrogen and oxygen atoms in total. The lowest BCUT2D eigenvalue weighted by atomic mass is 9.95. The molecule has 0 saturated carbocycles. The molecule has 4 N–H and O–H groups in total. The van der Waals surface area contributed by atoms with Crippen LogP contribution in [0.5, 0.6) is 11.5 Å². The van der Waals surface area contributed by atoms with Gasteiger partial charge in [-0.15, -0.1) is 0 Å². The first-order chi connectivity index (χ1) is 26.3. The van der Waals surface area contributed by atoms with Crippen LogP contribution < -0.4 is 20.9 Å². The highest BCUT2D eigenvalue weighted by Gasteiger charge is 2.24. The number of nitrogens with two attached hydrogens (primary N) is 2. The Morgan fingerprint density at radius 1 is 0.611 bits per heavy atom. The number of rotatable bonds is 5. The first-order valence-electron chi connectivity index (χ1n) is 17.6. The molecular formula is C43H39N9O2. The van der Waals surface area contributed by atoms with Gasteiger partial charge in [-0.2, -0.15) is 10.2 Å². The molecule has 9 rings (SSSR count). The van der Waals surface area contributed by atoms with E-state index in [1.165, 1.54) is 5.56 Å². The zero-order valence-corrected chi connectivity index (χ0v) is 30.5. The molecular weight excluding hydrogens is 675 g/mol. The van der Waals surface area contributed by atoms with Crippen molar-refractivity contribution in [2.75, 3.05) is 25.7 Å². The fourth-order valence-electron chi connectivity index (χ4n) is 6.69. The predicted octanol–water partition coefficient (Wildman–Crippen LogP) is 7.04. The van der Waals surface area contributed by atoms with Gasteiger partial charge in [-0.1, -0.05) is 42.5 Å². The number of aryl methyl sites for hydroxylation is 1. The Morgan fingerprint density at radius 2 is 1.17 bits per heavy atom. The average Bonchev–Trinajstić information content (AvgIpc) is 3.59. The van der Waals surface area contributed by atoms with Gasteiger partial charge in [0.2, 0.25) is 0 Å². The van der Waals surface area contributed by atoms with E-state index in [0.29, 0.717) is 12.1 Å². The van der Waals surface area contributed by atoms with E-state index in [4.69, 9.17) is 36.1 Å². The van der Waals surface area contributed by atoms with Gasteiger partial charge >= 0.3 is 0 Å². The molecule has 2 aliphatic rings. The summed E-state index contributed by atoms with van der Waals surface area (Å²) in [5.74, 6) is 3.42. The zero-order valence-electron chi connectivity index (χ0n) is 30.5. The number of ether oxygens (including phenoxy) is 2. The number of imidazole rings is 2.